The van der Waals surface area contributed by atoms with Crippen LogP contribution in [0.5, 0.6) is 0 Å². The summed E-state index contributed by atoms with van der Waals surface area (Å²) in [5.74, 6) is 0.555. The van der Waals surface area contributed by atoms with Gasteiger partial charge in [-0.3, -0.25) is 14.2 Å². The Morgan fingerprint density at radius 3 is 3.00 bits per heavy atom. The van der Waals surface area contributed by atoms with Crippen molar-refractivity contribution in [2.24, 2.45) is 0 Å². The molecule has 0 bridgehead atoms. The van der Waals surface area contributed by atoms with Gasteiger partial charge in [-0.15, -0.1) is 0 Å². The first-order chi connectivity index (χ1) is 11.3. The van der Waals surface area contributed by atoms with Crippen molar-refractivity contribution in [2.75, 3.05) is 0 Å². The van der Waals surface area contributed by atoms with Crippen molar-refractivity contribution in [1.82, 2.24) is 19.7 Å². The predicted molar refractivity (Wildman–Crippen MR) is 85.0 cm³/mol. The van der Waals surface area contributed by atoms with E-state index in [0.717, 1.165) is 24.2 Å². The van der Waals surface area contributed by atoms with Crippen LogP contribution in [0.2, 0.25) is 0 Å². The van der Waals surface area contributed by atoms with Gasteiger partial charge in [-0.1, -0.05) is 19.3 Å². The van der Waals surface area contributed by atoms with Crippen molar-refractivity contribution in [2.45, 2.75) is 38.1 Å². The number of hydrogen-bond donors (Lipinski definition) is 1. The highest BCUT2D eigenvalue weighted by Crippen LogP contribution is 2.23. The van der Waals surface area contributed by atoms with Crippen LogP contribution in [0.4, 0.5) is 0 Å². The van der Waals surface area contributed by atoms with Gasteiger partial charge in [0, 0.05) is 18.4 Å². The number of carbonyl (C=O) groups is 1. The van der Waals surface area contributed by atoms with Gasteiger partial charge in [0.25, 0.3) is 5.91 Å². The summed E-state index contributed by atoms with van der Waals surface area (Å²) < 4.78 is 7.47. The van der Waals surface area contributed by atoms with Gasteiger partial charge < -0.3 is 9.73 Å². The molecule has 1 N–H and O–H groups in total. The van der Waals surface area contributed by atoms with Crippen LogP contribution in [0.3, 0.4) is 0 Å². The molecule has 6 heteroatoms. The largest absolute Gasteiger partial charge is 0.462 e. The normalized spacial score (nSPS) is 15.8. The highest BCUT2D eigenvalue weighted by Gasteiger charge is 2.19. The Morgan fingerprint density at radius 1 is 1.26 bits per heavy atom. The number of furan rings is 1. The van der Waals surface area contributed by atoms with Gasteiger partial charge >= 0.3 is 0 Å². The van der Waals surface area contributed by atoms with Crippen LogP contribution in [-0.4, -0.2) is 26.3 Å². The second-order valence-electron chi connectivity index (χ2n) is 5.96. The number of imidazole rings is 1. The standard InChI is InChI=1S/C17H18N4O2/c22-17(20-13-4-2-1-3-5-13)12-8-15(23-11-12)14-9-19-16-10-18-6-7-21(14)16/h6-11,13H,1-5H2,(H,20,22). The van der Waals surface area contributed by atoms with Crippen LogP contribution >= 0.6 is 0 Å². The smallest absolute Gasteiger partial charge is 0.254 e. The lowest BCUT2D eigenvalue weighted by atomic mass is 9.95. The third kappa shape index (κ3) is 2.72. The molecule has 0 saturated heterocycles. The van der Waals surface area contributed by atoms with E-state index < -0.39 is 0 Å². The van der Waals surface area contributed by atoms with E-state index in [1.165, 1.54) is 25.5 Å². The Morgan fingerprint density at radius 2 is 2.13 bits per heavy atom. The summed E-state index contributed by atoms with van der Waals surface area (Å²) in [7, 11) is 0. The molecule has 1 amide bonds. The molecule has 0 aliphatic heterocycles. The van der Waals surface area contributed by atoms with Gasteiger partial charge in [0.2, 0.25) is 0 Å². The highest BCUT2D eigenvalue weighted by molar-refractivity contribution is 5.95. The minimum Gasteiger partial charge on any atom is -0.462 e. The fourth-order valence-corrected chi connectivity index (χ4v) is 3.13. The molecule has 118 valence electrons. The van der Waals surface area contributed by atoms with Crippen molar-refractivity contribution in [1.29, 1.82) is 0 Å². The highest BCUT2D eigenvalue weighted by atomic mass is 16.3. The topological polar surface area (TPSA) is 72.4 Å². The summed E-state index contributed by atoms with van der Waals surface area (Å²) in [4.78, 5) is 20.7. The second kappa shape index (κ2) is 5.87. The van der Waals surface area contributed by atoms with E-state index in [0.29, 0.717) is 11.3 Å². The number of nitrogens with one attached hydrogen (secondary N) is 1. The Hall–Kier alpha value is -2.63. The van der Waals surface area contributed by atoms with E-state index in [4.69, 9.17) is 4.42 Å². The molecule has 1 aliphatic carbocycles. The number of aromatic nitrogens is 3. The number of fused-ring (bicyclic) bond motifs is 1. The van der Waals surface area contributed by atoms with Gasteiger partial charge in [-0.25, -0.2) is 4.98 Å². The molecule has 3 aromatic rings. The number of nitrogens with zero attached hydrogens (tertiary/aromatic N) is 3. The van der Waals surface area contributed by atoms with Crippen LogP contribution in [0.25, 0.3) is 17.1 Å². The summed E-state index contributed by atoms with van der Waals surface area (Å²) in [6.45, 7) is 0. The van der Waals surface area contributed by atoms with Crippen LogP contribution in [-0.2, 0) is 0 Å². The Kier molecular flexibility index (Phi) is 3.57. The van der Waals surface area contributed by atoms with Crippen molar-refractivity contribution < 1.29 is 9.21 Å². The van der Waals surface area contributed by atoms with Crippen molar-refractivity contribution in [3.05, 3.63) is 42.7 Å². The van der Waals surface area contributed by atoms with E-state index in [1.54, 1.807) is 24.7 Å². The lowest BCUT2D eigenvalue weighted by Crippen LogP contribution is -2.35. The van der Waals surface area contributed by atoms with Crippen molar-refractivity contribution >= 4 is 11.6 Å². The maximum Gasteiger partial charge on any atom is 0.254 e. The van der Waals surface area contributed by atoms with E-state index in [1.807, 2.05) is 10.6 Å². The Bertz CT molecular complexity index is 830. The molecule has 0 atom stereocenters. The predicted octanol–water partition coefficient (Wildman–Crippen LogP) is 3.05. The van der Waals surface area contributed by atoms with Crippen LogP contribution < -0.4 is 5.32 Å². The monoisotopic (exact) mass is 310 g/mol. The second-order valence-corrected chi connectivity index (χ2v) is 5.96. The van der Waals surface area contributed by atoms with E-state index >= 15 is 0 Å². The van der Waals surface area contributed by atoms with Gasteiger partial charge in [0.05, 0.1) is 18.0 Å². The molecular formula is C17H18N4O2. The van der Waals surface area contributed by atoms with Gasteiger partial charge in [0.1, 0.15) is 12.0 Å². The minimum atomic E-state index is -0.0672. The molecular weight excluding hydrogens is 292 g/mol. The van der Waals surface area contributed by atoms with Crippen molar-refractivity contribution in [3.8, 4) is 11.5 Å². The van der Waals surface area contributed by atoms with E-state index in [9.17, 15) is 4.79 Å². The summed E-state index contributed by atoms with van der Waals surface area (Å²) in [5, 5.41) is 3.10. The summed E-state index contributed by atoms with van der Waals surface area (Å²) in [6, 6.07) is 2.05. The summed E-state index contributed by atoms with van der Waals surface area (Å²) in [5.41, 5.74) is 2.10. The number of rotatable bonds is 3. The average Bonchev–Trinajstić information content (AvgIpc) is 3.22. The first kappa shape index (κ1) is 14.0. The molecule has 3 heterocycles. The van der Waals surface area contributed by atoms with Gasteiger partial charge in [-0.05, 0) is 18.9 Å². The van der Waals surface area contributed by atoms with Crippen LogP contribution in [0.15, 0.2) is 41.5 Å². The zero-order chi connectivity index (χ0) is 15.6. The molecule has 23 heavy (non-hydrogen) atoms. The molecule has 0 aromatic carbocycles. The number of amides is 1. The minimum absolute atomic E-state index is 0.0672. The molecule has 1 aliphatic rings. The maximum atomic E-state index is 12.4. The quantitative estimate of drug-likeness (QED) is 0.807. The molecule has 1 fully saturated rings. The molecule has 1 saturated carbocycles. The van der Waals surface area contributed by atoms with E-state index in [-0.39, 0.29) is 11.9 Å². The molecule has 3 aromatic heterocycles. The van der Waals surface area contributed by atoms with Crippen molar-refractivity contribution in [3.63, 3.8) is 0 Å². The maximum absolute atomic E-state index is 12.4. The number of hydrogen-bond acceptors (Lipinski definition) is 4. The summed E-state index contributed by atoms with van der Waals surface area (Å²) >= 11 is 0. The SMILES string of the molecule is O=C(NC1CCCCC1)c1coc(-c2cnc3cnccn23)c1. The van der Waals surface area contributed by atoms with Crippen LogP contribution in [0, 0.1) is 0 Å². The molecule has 0 spiro atoms. The zero-order valence-electron chi connectivity index (χ0n) is 12.7. The van der Waals surface area contributed by atoms with Gasteiger partial charge in [-0.2, -0.15) is 0 Å². The number of carbonyl (C=O) groups excluding carboxylic acids is 1. The molecule has 0 radical (unpaired) electrons. The lowest BCUT2D eigenvalue weighted by Gasteiger charge is -2.22. The molecule has 4 rings (SSSR count). The Labute approximate surface area is 133 Å². The molecule has 0 unspecified atom stereocenters. The Balaban J connectivity index is 1.55. The summed E-state index contributed by atoms with van der Waals surface area (Å²) in [6.07, 6.45) is 14.2. The third-order valence-corrected chi connectivity index (χ3v) is 4.37. The van der Waals surface area contributed by atoms with E-state index in [2.05, 4.69) is 15.3 Å². The fraction of sp³-hybridized carbons (Fsp3) is 0.353. The third-order valence-electron chi connectivity index (χ3n) is 4.37. The fourth-order valence-electron chi connectivity index (χ4n) is 3.13. The molecule has 6 nitrogen and oxygen atoms in total. The lowest BCUT2D eigenvalue weighted by molar-refractivity contribution is 0.0927. The average molecular weight is 310 g/mol. The van der Waals surface area contributed by atoms with Gasteiger partial charge in [0.15, 0.2) is 11.4 Å². The van der Waals surface area contributed by atoms with Crippen LogP contribution in [0.1, 0.15) is 42.5 Å². The first-order valence-corrected chi connectivity index (χ1v) is 7.98. The first-order valence-electron chi connectivity index (χ1n) is 7.98. The zero-order valence-corrected chi connectivity index (χ0v) is 12.7.